The van der Waals surface area contributed by atoms with E-state index in [9.17, 15) is 4.39 Å². The zero-order valence-corrected chi connectivity index (χ0v) is 14.5. The van der Waals surface area contributed by atoms with Crippen LogP contribution in [0.3, 0.4) is 0 Å². The zero-order valence-electron chi connectivity index (χ0n) is 14.5. The van der Waals surface area contributed by atoms with Crippen molar-refractivity contribution in [1.29, 1.82) is 0 Å². The molecule has 0 aliphatic carbocycles. The molecule has 1 aromatic carbocycles. The summed E-state index contributed by atoms with van der Waals surface area (Å²) in [7, 11) is 0. The highest BCUT2D eigenvalue weighted by Gasteiger charge is 2.17. The molecule has 2 N–H and O–H groups in total. The molecule has 4 nitrogen and oxygen atoms in total. The van der Waals surface area contributed by atoms with E-state index in [1.54, 1.807) is 12.3 Å². The van der Waals surface area contributed by atoms with Crippen molar-refractivity contribution in [2.75, 3.05) is 18.4 Å². The van der Waals surface area contributed by atoms with Gasteiger partial charge in [0.25, 0.3) is 0 Å². The Hall–Kier alpha value is -2.79. The molecule has 0 spiro atoms. The average Bonchev–Trinajstić information content (AvgIpc) is 2.69. The molecule has 1 saturated heterocycles. The van der Waals surface area contributed by atoms with E-state index in [1.807, 2.05) is 24.4 Å². The zero-order chi connectivity index (χ0) is 17.8. The average molecular weight is 348 g/mol. The summed E-state index contributed by atoms with van der Waals surface area (Å²) in [6.07, 6.45) is 5.90. The Labute approximate surface area is 152 Å². The molecule has 0 amide bonds. The van der Waals surface area contributed by atoms with E-state index >= 15 is 0 Å². The van der Waals surface area contributed by atoms with Gasteiger partial charge in [-0.15, -0.1) is 0 Å². The van der Waals surface area contributed by atoms with Crippen LogP contribution in [-0.4, -0.2) is 23.1 Å². The van der Waals surface area contributed by atoms with Gasteiger partial charge in [-0.05, 0) is 73.3 Å². The molecule has 3 aromatic rings. The van der Waals surface area contributed by atoms with Crippen molar-refractivity contribution >= 4 is 11.5 Å². The van der Waals surface area contributed by atoms with Gasteiger partial charge < -0.3 is 10.6 Å². The lowest BCUT2D eigenvalue weighted by Gasteiger charge is -2.24. The molecule has 1 aliphatic heterocycles. The second-order valence-electron chi connectivity index (χ2n) is 6.59. The van der Waals surface area contributed by atoms with E-state index in [-0.39, 0.29) is 5.82 Å². The van der Waals surface area contributed by atoms with Crippen LogP contribution in [0.1, 0.15) is 24.3 Å². The summed E-state index contributed by atoms with van der Waals surface area (Å²) in [5.41, 5.74) is 3.78. The predicted octanol–water partition coefficient (Wildman–Crippen LogP) is 4.49. The van der Waals surface area contributed by atoms with E-state index < -0.39 is 0 Å². The van der Waals surface area contributed by atoms with E-state index in [2.05, 4.69) is 27.8 Å². The van der Waals surface area contributed by atoms with Crippen LogP contribution in [0.2, 0.25) is 0 Å². The van der Waals surface area contributed by atoms with Gasteiger partial charge in [0, 0.05) is 30.2 Å². The van der Waals surface area contributed by atoms with Crippen LogP contribution in [0.25, 0.3) is 11.3 Å². The van der Waals surface area contributed by atoms with Gasteiger partial charge in [-0.25, -0.2) is 9.37 Å². The Kier molecular flexibility index (Phi) is 4.88. The minimum atomic E-state index is -0.268. The maximum absolute atomic E-state index is 13.5. The third-order valence-electron chi connectivity index (χ3n) is 4.67. The van der Waals surface area contributed by atoms with Crippen molar-refractivity contribution in [3.63, 3.8) is 0 Å². The van der Waals surface area contributed by atoms with Gasteiger partial charge in [0.05, 0.1) is 5.69 Å². The molecule has 1 unspecified atom stereocenters. The van der Waals surface area contributed by atoms with Crippen LogP contribution in [0, 0.1) is 5.82 Å². The van der Waals surface area contributed by atoms with Crippen LogP contribution in [0.4, 0.5) is 15.9 Å². The Morgan fingerprint density at radius 2 is 2.08 bits per heavy atom. The van der Waals surface area contributed by atoms with Crippen molar-refractivity contribution in [2.24, 2.45) is 0 Å². The van der Waals surface area contributed by atoms with Crippen LogP contribution in [-0.2, 0) is 0 Å². The third kappa shape index (κ3) is 3.89. The number of anilines is 2. The van der Waals surface area contributed by atoms with Gasteiger partial charge in [0.15, 0.2) is 0 Å². The van der Waals surface area contributed by atoms with Crippen LogP contribution >= 0.6 is 0 Å². The summed E-state index contributed by atoms with van der Waals surface area (Å²) >= 11 is 0. The van der Waals surface area contributed by atoms with E-state index in [1.165, 1.54) is 24.1 Å². The molecule has 2 aromatic heterocycles. The predicted molar refractivity (Wildman–Crippen MR) is 102 cm³/mol. The van der Waals surface area contributed by atoms with Gasteiger partial charge >= 0.3 is 0 Å². The molecule has 3 heterocycles. The summed E-state index contributed by atoms with van der Waals surface area (Å²) in [4.78, 5) is 8.94. The van der Waals surface area contributed by atoms with Crippen LogP contribution in [0.5, 0.6) is 0 Å². The summed E-state index contributed by atoms with van der Waals surface area (Å²) < 4.78 is 13.5. The van der Waals surface area contributed by atoms with E-state index in [0.717, 1.165) is 36.6 Å². The fourth-order valence-corrected chi connectivity index (χ4v) is 3.36. The Morgan fingerprint density at radius 1 is 1.12 bits per heavy atom. The van der Waals surface area contributed by atoms with Gasteiger partial charge in [-0.2, -0.15) is 0 Å². The fourth-order valence-electron chi connectivity index (χ4n) is 3.36. The van der Waals surface area contributed by atoms with Crippen LogP contribution < -0.4 is 10.6 Å². The molecule has 1 aliphatic rings. The molecular formula is C21H21FN4. The van der Waals surface area contributed by atoms with Gasteiger partial charge in [-0.1, -0.05) is 6.07 Å². The van der Waals surface area contributed by atoms with Gasteiger partial charge in [0.2, 0.25) is 0 Å². The molecule has 132 valence electrons. The molecule has 1 fully saturated rings. The highest BCUT2D eigenvalue weighted by atomic mass is 19.1. The molecule has 0 radical (unpaired) electrons. The first-order valence-corrected chi connectivity index (χ1v) is 8.93. The highest BCUT2D eigenvalue weighted by Crippen LogP contribution is 2.30. The number of nitrogens with one attached hydrogen (secondary N) is 2. The number of hydrogen-bond donors (Lipinski definition) is 2. The molecule has 0 saturated carbocycles. The van der Waals surface area contributed by atoms with Gasteiger partial charge in [0.1, 0.15) is 11.6 Å². The Morgan fingerprint density at radius 3 is 2.85 bits per heavy atom. The van der Waals surface area contributed by atoms with E-state index in [4.69, 9.17) is 4.98 Å². The molecule has 1 atom stereocenters. The van der Waals surface area contributed by atoms with Crippen LogP contribution in [0.15, 0.2) is 60.9 Å². The standard InChI is InChI=1S/C21H21FN4/c22-18-6-1-7-19(12-18)25-21-11-17(15-4-2-8-23-13-15)10-20(26-21)16-5-3-9-24-14-16/h1,3,5-7,9-12,14-15,23H,2,4,8,13H2,(H,25,26). The second kappa shape index (κ2) is 7.62. The largest absolute Gasteiger partial charge is 0.340 e. The first-order chi connectivity index (χ1) is 12.8. The highest BCUT2D eigenvalue weighted by molar-refractivity contribution is 5.65. The Bertz CT molecular complexity index is 876. The van der Waals surface area contributed by atoms with Crippen molar-refractivity contribution in [2.45, 2.75) is 18.8 Å². The SMILES string of the molecule is Fc1cccc(Nc2cc(C3CCCNC3)cc(-c3cccnc3)n2)c1. The fraction of sp³-hybridized carbons (Fsp3) is 0.238. The molecule has 0 bridgehead atoms. The van der Waals surface area contributed by atoms with Crippen molar-refractivity contribution < 1.29 is 4.39 Å². The lowest BCUT2D eigenvalue weighted by molar-refractivity contribution is 0.461. The number of halogens is 1. The maximum Gasteiger partial charge on any atom is 0.131 e. The van der Waals surface area contributed by atoms with Gasteiger partial charge in [-0.3, -0.25) is 4.98 Å². The number of rotatable bonds is 4. The molecule has 26 heavy (non-hydrogen) atoms. The number of nitrogens with zero attached hydrogens (tertiary/aromatic N) is 2. The lowest BCUT2D eigenvalue weighted by Crippen LogP contribution is -2.28. The lowest BCUT2D eigenvalue weighted by atomic mass is 9.91. The number of piperidine rings is 1. The molecule has 4 rings (SSSR count). The first-order valence-electron chi connectivity index (χ1n) is 8.93. The summed E-state index contributed by atoms with van der Waals surface area (Å²) in [6.45, 7) is 2.04. The maximum atomic E-state index is 13.5. The third-order valence-corrected chi connectivity index (χ3v) is 4.67. The first kappa shape index (κ1) is 16.7. The number of pyridine rings is 2. The number of aromatic nitrogens is 2. The van der Waals surface area contributed by atoms with Crippen molar-refractivity contribution in [3.8, 4) is 11.3 Å². The number of benzene rings is 1. The molecular weight excluding hydrogens is 327 g/mol. The Balaban J connectivity index is 1.72. The normalized spacial score (nSPS) is 17.0. The topological polar surface area (TPSA) is 49.8 Å². The quantitative estimate of drug-likeness (QED) is 0.729. The summed E-state index contributed by atoms with van der Waals surface area (Å²) in [5, 5.41) is 6.71. The summed E-state index contributed by atoms with van der Waals surface area (Å²) in [5.74, 6) is 0.905. The summed E-state index contributed by atoms with van der Waals surface area (Å²) in [6, 6.07) is 14.6. The molecule has 5 heteroatoms. The van der Waals surface area contributed by atoms with Crippen molar-refractivity contribution in [3.05, 3.63) is 72.3 Å². The number of hydrogen-bond acceptors (Lipinski definition) is 4. The second-order valence-corrected chi connectivity index (χ2v) is 6.59. The van der Waals surface area contributed by atoms with Crippen molar-refractivity contribution in [1.82, 2.24) is 15.3 Å². The van der Waals surface area contributed by atoms with E-state index in [0.29, 0.717) is 11.6 Å². The smallest absolute Gasteiger partial charge is 0.131 e. The minimum Gasteiger partial charge on any atom is -0.340 e. The minimum absolute atomic E-state index is 0.268. The monoisotopic (exact) mass is 348 g/mol.